The summed E-state index contributed by atoms with van der Waals surface area (Å²) in [5.41, 5.74) is 2.72. The van der Waals surface area contributed by atoms with Gasteiger partial charge in [-0.1, -0.05) is 75.9 Å². The normalized spacial score (nSPS) is 11.4. The van der Waals surface area contributed by atoms with Crippen molar-refractivity contribution in [1.29, 1.82) is 0 Å². The molecule has 2 aromatic carbocycles. The molecule has 0 atom stereocenters. The molecule has 2 aromatic rings. The van der Waals surface area contributed by atoms with Crippen LogP contribution in [0, 0.1) is 0 Å². The van der Waals surface area contributed by atoms with E-state index in [0.29, 0.717) is 12.1 Å². The zero-order valence-electron chi connectivity index (χ0n) is 14.6. The maximum atomic E-state index is 3.52. The van der Waals surface area contributed by atoms with Crippen molar-refractivity contribution in [3.8, 4) is 0 Å². The molecular formula is C20H28N2S. The Morgan fingerprint density at radius 3 is 1.48 bits per heavy atom. The fourth-order valence-electron chi connectivity index (χ4n) is 2.25. The third kappa shape index (κ3) is 6.02. The molecule has 2 N–H and O–H groups in total. The van der Waals surface area contributed by atoms with Gasteiger partial charge in [0.15, 0.2) is 0 Å². The highest BCUT2D eigenvalue weighted by atomic mass is 32.2. The van der Waals surface area contributed by atoms with E-state index in [1.165, 1.54) is 20.9 Å². The monoisotopic (exact) mass is 328 g/mol. The molecule has 0 spiro atoms. The molecule has 0 saturated carbocycles. The van der Waals surface area contributed by atoms with Gasteiger partial charge >= 0.3 is 0 Å². The van der Waals surface area contributed by atoms with Crippen LogP contribution < -0.4 is 10.6 Å². The highest BCUT2D eigenvalue weighted by Crippen LogP contribution is 2.32. The molecule has 0 unspecified atom stereocenters. The smallest absolute Gasteiger partial charge is 0.0219 e. The lowest BCUT2D eigenvalue weighted by molar-refractivity contribution is 0.584. The number of rotatable bonds is 8. The van der Waals surface area contributed by atoms with Gasteiger partial charge in [0.2, 0.25) is 0 Å². The van der Waals surface area contributed by atoms with Crippen LogP contribution in [0.5, 0.6) is 0 Å². The minimum atomic E-state index is 0.496. The Bertz CT molecular complexity index is 555. The fraction of sp³-hybridized carbons (Fsp3) is 0.400. The summed E-state index contributed by atoms with van der Waals surface area (Å²) in [6.45, 7) is 10.6. The molecule has 0 aliphatic carbocycles. The SMILES string of the molecule is CC(C)NCc1ccccc1Sc1ccccc1CNC(C)C. The summed E-state index contributed by atoms with van der Waals surface area (Å²) < 4.78 is 0. The average molecular weight is 329 g/mol. The van der Waals surface area contributed by atoms with Gasteiger partial charge in [0, 0.05) is 35.0 Å². The van der Waals surface area contributed by atoms with Crippen molar-refractivity contribution in [2.75, 3.05) is 0 Å². The Morgan fingerprint density at radius 1 is 0.696 bits per heavy atom. The predicted molar refractivity (Wildman–Crippen MR) is 101 cm³/mol. The molecule has 0 saturated heterocycles. The minimum Gasteiger partial charge on any atom is -0.310 e. The van der Waals surface area contributed by atoms with E-state index < -0.39 is 0 Å². The van der Waals surface area contributed by atoms with Crippen LogP contribution in [0.3, 0.4) is 0 Å². The summed E-state index contributed by atoms with van der Waals surface area (Å²) in [6, 6.07) is 18.3. The molecule has 0 bridgehead atoms. The summed E-state index contributed by atoms with van der Waals surface area (Å²) in [5.74, 6) is 0. The predicted octanol–water partition coefficient (Wildman–Crippen LogP) is 4.83. The highest BCUT2D eigenvalue weighted by molar-refractivity contribution is 7.99. The van der Waals surface area contributed by atoms with E-state index in [-0.39, 0.29) is 0 Å². The Kier molecular flexibility index (Phi) is 7.15. The maximum Gasteiger partial charge on any atom is 0.0219 e. The van der Waals surface area contributed by atoms with Gasteiger partial charge in [0.25, 0.3) is 0 Å². The van der Waals surface area contributed by atoms with Gasteiger partial charge in [0.1, 0.15) is 0 Å². The van der Waals surface area contributed by atoms with Crippen LogP contribution in [-0.2, 0) is 13.1 Å². The fourth-order valence-corrected chi connectivity index (χ4v) is 3.32. The quantitative estimate of drug-likeness (QED) is 0.725. The zero-order chi connectivity index (χ0) is 16.7. The van der Waals surface area contributed by atoms with Gasteiger partial charge in [-0.25, -0.2) is 0 Å². The molecule has 0 aliphatic rings. The van der Waals surface area contributed by atoms with Crippen molar-refractivity contribution in [3.63, 3.8) is 0 Å². The molecule has 0 aliphatic heterocycles. The molecule has 3 heteroatoms. The van der Waals surface area contributed by atoms with E-state index in [2.05, 4.69) is 86.9 Å². The van der Waals surface area contributed by atoms with Crippen LogP contribution in [0.2, 0.25) is 0 Å². The lowest BCUT2D eigenvalue weighted by Crippen LogP contribution is -2.22. The molecule has 23 heavy (non-hydrogen) atoms. The van der Waals surface area contributed by atoms with E-state index in [1.807, 2.05) is 11.8 Å². The standard InChI is InChI=1S/C20H28N2S/c1-15(2)21-13-17-9-5-7-11-19(17)23-20-12-8-6-10-18(20)14-22-16(3)4/h5-12,15-16,21-22H,13-14H2,1-4H3. The maximum absolute atomic E-state index is 3.52. The Balaban J connectivity index is 2.16. The molecular weight excluding hydrogens is 300 g/mol. The third-order valence-electron chi connectivity index (χ3n) is 3.57. The van der Waals surface area contributed by atoms with Crippen molar-refractivity contribution in [3.05, 3.63) is 59.7 Å². The van der Waals surface area contributed by atoms with E-state index in [9.17, 15) is 0 Å². The minimum absolute atomic E-state index is 0.496. The molecule has 124 valence electrons. The second-order valence-corrected chi connectivity index (χ2v) is 7.47. The van der Waals surface area contributed by atoms with Crippen LogP contribution in [-0.4, -0.2) is 12.1 Å². The molecule has 0 radical (unpaired) electrons. The van der Waals surface area contributed by atoms with Crippen LogP contribution in [0.4, 0.5) is 0 Å². The van der Waals surface area contributed by atoms with Gasteiger partial charge in [-0.15, -0.1) is 0 Å². The molecule has 0 heterocycles. The van der Waals surface area contributed by atoms with E-state index in [4.69, 9.17) is 0 Å². The van der Waals surface area contributed by atoms with Gasteiger partial charge in [-0.05, 0) is 23.3 Å². The highest BCUT2D eigenvalue weighted by Gasteiger charge is 2.08. The van der Waals surface area contributed by atoms with Crippen LogP contribution in [0.25, 0.3) is 0 Å². The van der Waals surface area contributed by atoms with E-state index in [1.54, 1.807) is 0 Å². The van der Waals surface area contributed by atoms with Gasteiger partial charge in [-0.2, -0.15) is 0 Å². The van der Waals surface area contributed by atoms with Crippen molar-refractivity contribution in [2.45, 2.75) is 62.7 Å². The second-order valence-electron chi connectivity index (χ2n) is 6.39. The van der Waals surface area contributed by atoms with E-state index in [0.717, 1.165) is 13.1 Å². The molecule has 2 nitrogen and oxygen atoms in total. The van der Waals surface area contributed by atoms with Crippen LogP contribution in [0.15, 0.2) is 58.3 Å². The zero-order valence-corrected chi connectivity index (χ0v) is 15.4. The largest absolute Gasteiger partial charge is 0.310 e. The first-order valence-corrected chi connectivity index (χ1v) is 9.18. The Hall–Kier alpha value is -1.29. The summed E-state index contributed by atoms with van der Waals surface area (Å²) in [7, 11) is 0. The number of hydrogen-bond donors (Lipinski definition) is 2. The number of nitrogens with one attached hydrogen (secondary N) is 2. The Labute approximate surface area is 145 Å². The molecule has 2 rings (SSSR count). The topological polar surface area (TPSA) is 24.1 Å². The first kappa shape index (κ1) is 18.1. The number of benzene rings is 2. The van der Waals surface area contributed by atoms with E-state index >= 15 is 0 Å². The first-order chi connectivity index (χ1) is 11.1. The average Bonchev–Trinajstić information content (AvgIpc) is 2.53. The summed E-state index contributed by atoms with van der Waals surface area (Å²) in [6.07, 6.45) is 0. The first-order valence-electron chi connectivity index (χ1n) is 8.36. The van der Waals surface area contributed by atoms with Gasteiger partial charge in [0.05, 0.1) is 0 Å². The van der Waals surface area contributed by atoms with Crippen molar-refractivity contribution in [1.82, 2.24) is 10.6 Å². The summed E-state index contributed by atoms with van der Waals surface area (Å²) in [5, 5.41) is 7.03. The molecule has 0 aromatic heterocycles. The lowest BCUT2D eigenvalue weighted by atomic mass is 10.2. The summed E-state index contributed by atoms with van der Waals surface area (Å²) in [4.78, 5) is 2.66. The molecule has 0 fully saturated rings. The second kappa shape index (κ2) is 9.11. The summed E-state index contributed by atoms with van der Waals surface area (Å²) >= 11 is 1.86. The van der Waals surface area contributed by atoms with Crippen molar-refractivity contribution in [2.24, 2.45) is 0 Å². The van der Waals surface area contributed by atoms with Gasteiger partial charge < -0.3 is 10.6 Å². The lowest BCUT2D eigenvalue weighted by Gasteiger charge is -2.15. The molecule has 0 amide bonds. The van der Waals surface area contributed by atoms with Crippen LogP contribution >= 0.6 is 11.8 Å². The third-order valence-corrected chi connectivity index (χ3v) is 4.80. The van der Waals surface area contributed by atoms with Gasteiger partial charge in [-0.3, -0.25) is 0 Å². The van der Waals surface area contributed by atoms with Crippen molar-refractivity contribution < 1.29 is 0 Å². The Morgan fingerprint density at radius 2 is 1.09 bits per heavy atom. The number of hydrogen-bond acceptors (Lipinski definition) is 3. The van der Waals surface area contributed by atoms with Crippen LogP contribution in [0.1, 0.15) is 38.8 Å². The van der Waals surface area contributed by atoms with Crippen molar-refractivity contribution >= 4 is 11.8 Å².